The summed E-state index contributed by atoms with van der Waals surface area (Å²) in [4.78, 5) is 4.57. The van der Waals surface area contributed by atoms with E-state index in [2.05, 4.69) is 34.7 Å². The lowest BCUT2D eigenvalue weighted by Crippen LogP contribution is -2.08. The average molecular weight is 279 g/mol. The monoisotopic (exact) mass is 279 g/mol. The fourth-order valence-corrected chi connectivity index (χ4v) is 2.88. The normalized spacial score (nSPS) is 12.0. The van der Waals surface area contributed by atoms with Gasteiger partial charge in [0.05, 0.1) is 17.1 Å². The van der Waals surface area contributed by atoms with Crippen LogP contribution in [0.1, 0.15) is 24.1 Å². The number of nitriles is 1. The minimum Gasteiger partial charge on any atom is -0.362 e. The fourth-order valence-electron chi connectivity index (χ4n) is 2.12. The van der Waals surface area contributed by atoms with Crippen LogP contribution in [0.15, 0.2) is 47.2 Å². The summed E-state index contributed by atoms with van der Waals surface area (Å²) < 4.78 is 0. The van der Waals surface area contributed by atoms with Crippen LogP contribution in [0.25, 0.3) is 10.9 Å². The highest BCUT2D eigenvalue weighted by molar-refractivity contribution is 7.07. The first-order valence-electron chi connectivity index (χ1n) is 6.36. The Labute approximate surface area is 121 Å². The van der Waals surface area contributed by atoms with E-state index in [0.29, 0.717) is 11.4 Å². The molecule has 0 amide bonds. The minimum atomic E-state index is 0.127. The van der Waals surface area contributed by atoms with Crippen LogP contribution >= 0.6 is 11.3 Å². The molecular weight excluding hydrogens is 266 g/mol. The van der Waals surface area contributed by atoms with Gasteiger partial charge in [-0.2, -0.15) is 16.6 Å². The maximum atomic E-state index is 9.29. The van der Waals surface area contributed by atoms with E-state index in [1.54, 1.807) is 11.3 Å². The molecule has 0 aliphatic carbocycles. The lowest BCUT2D eigenvalue weighted by Gasteiger charge is -2.15. The lowest BCUT2D eigenvalue weighted by molar-refractivity contribution is 0.881. The number of thiophene rings is 1. The standard InChI is InChI=1S/C16H13N3S/c1-11(13-6-7-20-10-13)18-16-14(9-17)8-12-4-2-3-5-15(12)19-16/h2-8,10-11H,1H3,(H,18,19). The summed E-state index contributed by atoms with van der Waals surface area (Å²) >= 11 is 1.67. The summed E-state index contributed by atoms with van der Waals surface area (Å²) in [6.45, 7) is 2.07. The van der Waals surface area contributed by atoms with Gasteiger partial charge < -0.3 is 5.32 Å². The number of nitrogens with zero attached hydrogens (tertiary/aromatic N) is 2. The van der Waals surface area contributed by atoms with Crippen molar-refractivity contribution in [2.45, 2.75) is 13.0 Å². The summed E-state index contributed by atoms with van der Waals surface area (Å²) in [5.41, 5.74) is 2.67. The predicted molar refractivity (Wildman–Crippen MR) is 82.8 cm³/mol. The molecule has 1 aromatic carbocycles. The summed E-state index contributed by atoms with van der Waals surface area (Å²) in [6, 6.07) is 14.1. The second-order valence-electron chi connectivity index (χ2n) is 4.61. The molecule has 2 aromatic heterocycles. The molecule has 1 atom stereocenters. The number of benzene rings is 1. The molecule has 3 nitrogen and oxygen atoms in total. The van der Waals surface area contributed by atoms with E-state index in [4.69, 9.17) is 0 Å². The molecule has 0 radical (unpaired) electrons. The van der Waals surface area contributed by atoms with E-state index < -0.39 is 0 Å². The Balaban J connectivity index is 2.00. The van der Waals surface area contributed by atoms with Crippen molar-refractivity contribution in [2.24, 2.45) is 0 Å². The topological polar surface area (TPSA) is 48.7 Å². The van der Waals surface area contributed by atoms with Crippen molar-refractivity contribution < 1.29 is 0 Å². The first kappa shape index (κ1) is 12.6. The van der Waals surface area contributed by atoms with Gasteiger partial charge in [0.15, 0.2) is 0 Å². The van der Waals surface area contributed by atoms with Crippen LogP contribution in [-0.4, -0.2) is 4.98 Å². The third-order valence-electron chi connectivity index (χ3n) is 3.24. The van der Waals surface area contributed by atoms with Crippen LogP contribution in [0.2, 0.25) is 0 Å². The second kappa shape index (κ2) is 5.32. The van der Waals surface area contributed by atoms with Crippen LogP contribution < -0.4 is 5.32 Å². The Hall–Kier alpha value is -2.38. The molecule has 2 heterocycles. The summed E-state index contributed by atoms with van der Waals surface area (Å²) in [7, 11) is 0. The zero-order valence-electron chi connectivity index (χ0n) is 11.0. The molecule has 20 heavy (non-hydrogen) atoms. The minimum absolute atomic E-state index is 0.127. The quantitative estimate of drug-likeness (QED) is 0.775. The van der Waals surface area contributed by atoms with Gasteiger partial charge in [-0.05, 0) is 41.4 Å². The van der Waals surface area contributed by atoms with E-state index in [1.807, 2.05) is 35.7 Å². The Bertz CT molecular complexity index is 772. The largest absolute Gasteiger partial charge is 0.362 e. The highest BCUT2D eigenvalue weighted by Crippen LogP contribution is 2.25. The molecule has 3 aromatic rings. The maximum absolute atomic E-state index is 9.29. The first-order valence-corrected chi connectivity index (χ1v) is 7.31. The molecule has 0 aliphatic heterocycles. The van der Waals surface area contributed by atoms with E-state index in [9.17, 15) is 5.26 Å². The van der Waals surface area contributed by atoms with E-state index >= 15 is 0 Å². The van der Waals surface area contributed by atoms with Gasteiger partial charge in [-0.1, -0.05) is 18.2 Å². The van der Waals surface area contributed by atoms with Crippen LogP contribution in [0, 0.1) is 11.3 Å². The van der Waals surface area contributed by atoms with E-state index in [1.165, 1.54) is 5.56 Å². The second-order valence-corrected chi connectivity index (χ2v) is 5.39. The van der Waals surface area contributed by atoms with Gasteiger partial charge in [0.1, 0.15) is 11.9 Å². The van der Waals surface area contributed by atoms with E-state index in [-0.39, 0.29) is 6.04 Å². The summed E-state index contributed by atoms with van der Waals surface area (Å²) in [5.74, 6) is 0.643. The van der Waals surface area contributed by atoms with Gasteiger partial charge >= 0.3 is 0 Å². The Kier molecular flexibility index (Phi) is 3.36. The molecule has 4 heteroatoms. The average Bonchev–Trinajstić information content (AvgIpc) is 3.01. The van der Waals surface area contributed by atoms with Crippen molar-refractivity contribution in [3.8, 4) is 6.07 Å². The SMILES string of the molecule is CC(Nc1nc2ccccc2cc1C#N)c1ccsc1. The zero-order valence-corrected chi connectivity index (χ0v) is 11.8. The van der Waals surface area contributed by atoms with Gasteiger partial charge in [-0.15, -0.1) is 0 Å². The van der Waals surface area contributed by atoms with Gasteiger partial charge in [0.25, 0.3) is 0 Å². The number of hydrogen-bond donors (Lipinski definition) is 1. The van der Waals surface area contributed by atoms with Gasteiger partial charge in [0, 0.05) is 5.39 Å². The van der Waals surface area contributed by atoms with Crippen molar-refractivity contribution in [1.29, 1.82) is 5.26 Å². The fraction of sp³-hybridized carbons (Fsp3) is 0.125. The Morgan fingerprint density at radius 1 is 1.30 bits per heavy atom. The smallest absolute Gasteiger partial charge is 0.145 e. The van der Waals surface area contributed by atoms with Crippen molar-refractivity contribution in [3.63, 3.8) is 0 Å². The third kappa shape index (κ3) is 2.36. The molecule has 0 aliphatic rings. The van der Waals surface area contributed by atoms with Crippen LogP contribution in [-0.2, 0) is 0 Å². The van der Waals surface area contributed by atoms with Crippen molar-refractivity contribution in [1.82, 2.24) is 4.98 Å². The first-order chi connectivity index (χ1) is 9.78. The number of para-hydroxylation sites is 1. The number of hydrogen-bond acceptors (Lipinski definition) is 4. The molecule has 0 fully saturated rings. The summed E-state index contributed by atoms with van der Waals surface area (Å²) in [6.07, 6.45) is 0. The van der Waals surface area contributed by atoms with Crippen molar-refractivity contribution in [2.75, 3.05) is 5.32 Å². The maximum Gasteiger partial charge on any atom is 0.145 e. The number of nitrogens with one attached hydrogen (secondary N) is 1. The van der Waals surface area contributed by atoms with Crippen LogP contribution in [0.4, 0.5) is 5.82 Å². The summed E-state index contributed by atoms with van der Waals surface area (Å²) in [5, 5.41) is 17.8. The molecule has 0 saturated heterocycles. The zero-order chi connectivity index (χ0) is 13.9. The molecule has 1 N–H and O–H groups in total. The molecule has 0 bridgehead atoms. The third-order valence-corrected chi connectivity index (χ3v) is 3.94. The van der Waals surface area contributed by atoms with Crippen molar-refractivity contribution in [3.05, 3.63) is 58.3 Å². The molecule has 3 rings (SSSR count). The molecule has 0 spiro atoms. The highest BCUT2D eigenvalue weighted by atomic mass is 32.1. The molecule has 1 unspecified atom stereocenters. The van der Waals surface area contributed by atoms with Crippen LogP contribution in [0.3, 0.4) is 0 Å². The number of aromatic nitrogens is 1. The molecular formula is C16H13N3S. The predicted octanol–water partition coefficient (Wildman–Crippen LogP) is 4.34. The Morgan fingerprint density at radius 3 is 2.90 bits per heavy atom. The van der Waals surface area contributed by atoms with Crippen molar-refractivity contribution >= 4 is 28.1 Å². The van der Waals surface area contributed by atoms with Crippen LogP contribution in [0.5, 0.6) is 0 Å². The number of pyridine rings is 1. The molecule has 98 valence electrons. The highest BCUT2D eigenvalue weighted by Gasteiger charge is 2.11. The number of anilines is 1. The number of rotatable bonds is 3. The van der Waals surface area contributed by atoms with Gasteiger partial charge in [0.2, 0.25) is 0 Å². The van der Waals surface area contributed by atoms with E-state index in [0.717, 1.165) is 10.9 Å². The van der Waals surface area contributed by atoms with Gasteiger partial charge in [-0.25, -0.2) is 4.98 Å². The number of fused-ring (bicyclic) bond motifs is 1. The van der Waals surface area contributed by atoms with Gasteiger partial charge in [-0.3, -0.25) is 0 Å². The Morgan fingerprint density at radius 2 is 2.15 bits per heavy atom. The molecule has 0 saturated carbocycles. The lowest BCUT2D eigenvalue weighted by atomic mass is 10.1.